The average Bonchev–Trinajstić information content (AvgIpc) is 2.37. The number of nitrogens with two attached hydrogens (primary N) is 1. The minimum absolute atomic E-state index is 0.113. The molecule has 0 amide bonds. The number of hydrazine groups is 1. The molecule has 0 saturated heterocycles. The zero-order valence-corrected chi connectivity index (χ0v) is 11.4. The number of alkyl halides is 3. The minimum atomic E-state index is -4.57. The maximum atomic E-state index is 12.7. The van der Waals surface area contributed by atoms with Crippen LogP contribution in [0.4, 0.5) is 19.1 Å². The number of benzene rings is 1. The Morgan fingerprint density at radius 2 is 1.95 bits per heavy atom. The first-order valence-corrected chi connectivity index (χ1v) is 6.44. The summed E-state index contributed by atoms with van der Waals surface area (Å²) in [5, 5.41) is 0.597. The zero-order valence-electron chi connectivity index (χ0n) is 9.78. The molecular weight excluding hydrogens is 313 g/mol. The number of rotatable bonds is 3. The molecule has 20 heavy (non-hydrogen) atoms. The van der Waals surface area contributed by atoms with Crippen LogP contribution in [0.25, 0.3) is 0 Å². The van der Waals surface area contributed by atoms with E-state index < -0.39 is 11.9 Å². The summed E-state index contributed by atoms with van der Waals surface area (Å²) in [6, 6.07) is 7.54. The highest BCUT2D eigenvalue weighted by molar-refractivity contribution is 7.99. The van der Waals surface area contributed by atoms with Crippen LogP contribution in [-0.4, -0.2) is 9.97 Å². The molecule has 1 heterocycles. The molecule has 2 rings (SSSR count). The van der Waals surface area contributed by atoms with Crippen molar-refractivity contribution in [3.05, 3.63) is 41.0 Å². The van der Waals surface area contributed by atoms with Crippen LogP contribution in [0.2, 0.25) is 5.02 Å². The van der Waals surface area contributed by atoms with Gasteiger partial charge in [0, 0.05) is 16.0 Å². The van der Waals surface area contributed by atoms with Gasteiger partial charge in [-0.1, -0.05) is 29.4 Å². The summed E-state index contributed by atoms with van der Waals surface area (Å²) >= 11 is 6.85. The molecule has 0 spiro atoms. The monoisotopic (exact) mass is 320 g/mol. The van der Waals surface area contributed by atoms with Gasteiger partial charge in [-0.25, -0.2) is 15.8 Å². The third kappa shape index (κ3) is 3.75. The maximum absolute atomic E-state index is 12.7. The Labute approximate surface area is 121 Å². The number of hydrogen-bond donors (Lipinski definition) is 2. The molecule has 9 heteroatoms. The maximum Gasteiger partial charge on any atom is 0.433 e. The van der Waals surface area contributed by atoms with E-state index in [9.17, 15) is 13.2 Å². The molecule has 106 valence electrons. The van der Waals surface area contributed by atoms with E-state index in [1.807, 2.05) is 5.43 Å². The highest BCUT2D eigenvalue weighted by Crippen LogP contribution is 2.33. The summed E-state index contributed by atoms with van der Waals surface area (Å²) in [6.07, 6.45) is -4.57. The number of aromatic nitrogens is 2. The van der Waals surface area contributed by atoms with E-state index in [0.29, 0.717) is 9.92 Å². The van der Waals surface area contributed by atoms with Gasteiger partial charge in [-0.2, -0.15) is 13.2 Å². The predicted octanol–water partition coefficient (Wildman–Crippen LogP) is 3.59. The van der Waals surface area contributed by atoms with Gasteiger partial charge in [-0.05, 0) is 18.2 Å². The van der Waals surface area contributed by atoms with Gasteiger partial charge in [-0.3, -0.25) is 5.43 Å². The molecule has 0 fully saturated rings. The van der Waals surface area contributed by atoms with Gasteiger partial charge in [0.25, 0.3) is 0 Å². The van der Waals surface area contributed by atoms with Gasteiger partial charge in [-0.15, -0.1) is 0 Å². The Hall–Kier alpha value is -1.51. The van der Waals surface area contributed by atoms with Crippen molar-refractivity contribution in [1.29, 1.82) is 0 Å². The summed E-state index contributed by atoms with van der Waals surface area (Å²) in [4.78, 5) is 7.79. The lowest BCUT2D eigenvalue weighted by molar-refractivity contribution is -0.141. The highest BCUT2D eigenvalue weighted by Gasteiger charge is 2.33. The number of anilines is 1. The van der Waals surface area contributed by atoms with Crippen molar-refractivity contribution in [3.8, 4) is 0 Å². The minimum Gasteiger partial charge on any atom is -0.292 e. The molecule has 0 radical (unpaired) electrons. The molecular formula is C11H8ClF3N4S. The van der Waals surface area contributed by atoms with E-state index >= 15 is 0 Å². The number of hydrogen-bond acceptors (Lipinski definition) is 5. The number of nitrogens with one attached hydrogen (secondary N) is 1. The summed E-state index contributed by atoms with van der Waals surface area (Å²) < 4.78 is 38.1. The molecule has 3 N–H and O–H groups in total. The summed E-state index contributed by atoms with van der Waals surface area (Å²) in [6.45, 7) is 0. The second-order valence-corrected chi connectivity index (χ2v) is 5.15. The summed E-state index contributed by atoms with van der Waals surface area (Å²) in [7, 11) is 0. The van der Waals surface area contributed by atoms with Crippen molar-refractivity contribution in [2.75, 3.05) is 5.43 Å². The number of nitrogen functional groups attached to an aromatic ring is 1. The third-order valence-electron chi connectivity index (χ3n) is 2.14. The van der Waals surface area contributed by atoms with Gasteiger partial charge in [0.2, 0.25) is 5.95 Å². The molecule has 0 atom stereocenters. The van der Waals surface area contributed by atoms with E-state index in [4.69, 9.17) is 17.4 Å². The molecule has 0 saturated carbocycles. The van der Waals surface area contributed by atoms with Crippen LogP contribution in [0.3, 0.4) is 0 Å². The van der Waals surface area contributed by atoms with Gasteiger partial charge >= 0.3 is 6.18 Å². The Morgan fingerprint density at radius 1 is 1.20 bits per heavy atom. The second kappa shape index (κ2) is 5.86. The van der Waals surface area contributed by atoms with E-state index in [2.05, 4.69) is 9.97 Å². The van der Waals surface area contributed by atoms with Crippen LogP contribution in [-0.2, 0) is 6.18 Å². The number of halogens is 4. The third-order valence-corrected chi connectivity index (χ3v) is 3.28. The Kier molecular flexibility index (Phi) is 4.36. The molecule has 0 aliphatic heterocycles. The average molecular weight is 321 g/mol. The normalized spacial score (nSPS) is 11.4. The summed E-state index contributed by atoms with van der Waals surface area (Å²) in [5.41, 5.74) is 0.951. The van der Waals surface area contributed by atoms with Crippen LogP contribution < -0.4 is 11.3 Å². The largest absolute Gasteiger partial charge is 0.433 e. The molecule has 0 bridgehead atoms. The van der Waals surface area contributed by atoms with E-state index in [-0.39, 0.29) is 11.0 Å². The van der Waals surface area contributed by atoms with Crippen molar-refractivity contribution >= 4 is 29.3 Å². The van der Waals surface area contributed by atoms with Crippen molar-refractivity contribution in [2.24, 2.45) is 5.84 Å². The molecule has 2 aromatic rings. The topological polar surface area (TPSA) is 63.8 Å². The fourth-order valence-electron chi connectivity index (χ4n) is 1.34. The smallest absolute Gasteiger partial charge is 0.292 e. The first-order valence-electron chi connectivity index (χ1n) is 5.25. The Morgan fingerprint density at radius 3 is 2.55 bits per heavy atom. The van der Waals surface area contributed by atoms with Gasteiger partial charge in [0.05, 0.1) is 0 Å². The highest BCUT2D eigenvalue weighted by atomic mass is 35.5. The van der Waals surface area contributed by atoms with Crippen molar-refractivity contribution < 1.29 is 13.2 Å². The van der Waals surface area contributed by atoms with E-state index in [1.54, 1.807) is 24.3 Å². The second-order valence-electron chi connectivity index (χ2n) is 3.62. The molecule has 4 nitrogen and oxygen atoms in total. The van der Waals surface area contributed by atoms with Crippen LogP contribution in [0.15, 0.2) is 40.3 Å². The number of nitrogens with zero attached hydrogens (tertiary/aromatic N) is 2. The SMILES string of the molecule is NNc1nc(Sc2cccc(Cl)c2)cc(C(F)(F)F)n1. The molecule has 1 aromatic heterocycles. The van der Waals surface area contributed by atoms with Gasteiger partial charge in [0.15, 0.2) is 5.69 Å². The summed E-state index contributed by atoms with van der Waals surface area (Å²) in [5.74, 6) is 4.77. The van der Waals surface area contributed by atoms with Crippen LogP contribution in [0, 0.1) is 0 Å². The van der Waals surface area contributed by atoms with Crippen molar-refractivity contribution in [3.63, 3.8) is 0 Å². The van der Waals surface area contributed by atoms with Crippen LogP contribution >= 0.6 is 23.4 Å². The first-order chi connectivity index (χ1) is 9.38. The van der Waals surface area contributed by atoms with Gasteiger partial charge < -0.3 is 0 Å². The van der Waals surface area contributed by atoms with Crippen LogP contribution in [0.5, 0.6) is 0 Å². The zero-order chi connectivity index (χ0) is 14.8. The first kappa shape index (κ1) is 14.9. The predicted molar refractivity (Wildman–Crippen MR) is 70.4 cm³/mol. The molecule has 1 aromatic carbocycles. The van der Waals surface area contributed by atoms with Gasteiger partial charge in [0.1, 0.15) is 5.03 Å². The lowest BCUT2D eigenvalue weighted by Crippen LogP contribution is -2.15. The van der Waals surface area contributed by atoms with Crippen molar-refractivity contribution in [2.45, 2.75) is 16.1 Å². The standard InChI is InChI=1S/C11H8ClF3N4S/c12-6-2-1-3-7(4-6)20-9-5-8(11(13,14)15)17-10(18-9)19-16/h1-5H,16H2,(H,17,18,19). The van der Waals surface area contributed by atoms with Crippen molar-refractivity contribution in [1.82, 2.24) is 9.97 Å². The Balaban J connectivity index is 2.36. The molecule has 0 unspecified atom stereocenters. The lowest BCUT2D eigenvalue weighted by Gasteiger charge is -2.09. The van der Waals surface area contributed by atoms with E-state index in [0.717, 1.165) is 17.8 Å². The molecule has 0 aliphatic carbocycles. The lowest BCUT2D eigenvalue weighted by atomic mass is 10.4. The fraction of sp³-hybridized carbons (Fsp3) is 0.0909. The van der Waals surface area contributed by atoms with Crippen LogP contribution in [0.1, 0.15) is 5.69 Å². The quantitative estimate of drug-likeness (QED) is 0.514. The van der Waals surface area contributed by atoms with E-state index in [1.165, 1.54) is 0 Å². The Bertz CT molecular complexity index is 621. The molecule has 0 aliphatic rings. The fourth-order valence-corrected chi connectivity index (χ4v) is 2.47.